The van der Waals surface area contributed by atoms with E-state index in [-0.39, 0.29) is 6.10 Å². The number of hydrogen-bond acceptors (Lipinski definition) is 3. The van der Waals surface area contributed by atoms with Gasteiger partial charge in [0.2, 0.25) is 0 Å². The lowest BCUT2D eigenvalue weighted by atomic mass is 9.47. The minimum atomic E-state index is -0.444. The molecule has 0 aromatic heterocycles. The molecule has 4 aliphatic rings. The van der Waals surface area contributed by atoms with Crippen LogP contribution in [0.4, 0.5) is 4.79 Å². The predicted molar refractivity (Wildman–Crippen MR) is 163 cm³/mol. The van der Waals surface area contributed by atoms with E-state index in [1.165, 1.54) is 64.2 Å². The molecule has 4 aliphatic carbocycles. The molecule has 0 saturated heterocycles. The minimum absolute atomic E-state index is 0.0134. The van der Waals surface area contributed by atoms with Crippen LogP contribution < -0.4 is 0 Å². The van der Waals surface area contributed by atoms with Crippen LogP contribution in [0.2, 0.25) is 0 Å². The number of fused-ring (bicyclic) bond motifs is 5. The Kier molecular flexibility index (Phi) is 10.6. The molecule has 0 amide bonds. The molecule has 0 radical (unpaired) electrons. The lowest BCUT2D eigenvalue weighted by Gasteiger charge is -2.58. The third kappa shape index (κ3) is 6.74. The van der Waals surface area contributed by atoms with E-state index in [1.54, 1.807) is 5.57 Å². The second-order valence-electron chi connectivity index (χ2n) is 15.2. The Morgan fingerprint density at radius 1 is 0.974 bits per heavy atom. The molecule has 224 valence electrons. The van der Waals surface area contributed by atoms with Gasteiger partial charge in [-0.15, -0.1) is 0 Å². The smallest absolute Gasteiger partial charge is 0.434 e. The van der Waals surface area contributed by atoms with Gasteiger partial charge in [-0.3, -0.25) is 0 Å². The number of unbranched alkanes of at least 4 members (excludes halogenated alkanes) is 1. The van der Waals surface area contributed by atoms with Gasteiger partial charge in [0.15, 0.2) is 0 Å². The molecule has 0 aromatic rings. The van der Waals surface area contributed by atoms with Crippen LogP contribution in [0.15, 0.2) is 11.6 Å². The van der Waals surface area contributed by atoms with Gasteiger partial charge in [-0.2, -0.15) is 0 Å². The largest absolute Gasteiger partial charge is 0.508 e. The molecule has 0 heterocycles. The molecule has 0 aliphatic heterocycles. The summed E-state index contributed by atoms with van der Waals surface area (Å²) in [5, 5.41) is 0. The third-order valence-corrected chi connectivity index (χ3v) is 12.5. The van der Waals surface area contributed by atoms with Gasteiger partial charge in [0.05, 0.1) is 6.61 Å². The lowest BCUT2D eigenvalue weighted by Crippen LogP contribution is -2.51. The highest BCUT2D eigenvalue weighted by molar-refractivity contribution is 5.60. The minimum Gasteiger partial charge on any atom is -0.434 e. The molecule has 9 unspecified atom stereocenters. The standard InChI is InChI=1S/C36H62O3/c1-8-10-14-27(9-2)24-38-34(37)39-29-19-21-35(6)28(23-29)15-16-30-32-18-17-31(26(5)13-11-12-25(3)4)36(32,7)22-20-33(30)35/h15,25-27,29-33H,8-14,16-24H2,1-7H3. The molecule has 3 heteroatoms. The van der Waals surface area contributed by atoms with Crippen molar-refractivity contribution in [1.82, 2.24) is 0 Å². The Labute approximate surface area is 241 Å². The van der Waals surface area contributed by atoms with Crippen molar-refractivity contribution in [3.8, 4) is 0 Å². The molecular formula is C36H62O3. The van der Waals surface area contributed by atoms with Crippen LogP contribution in [0.25, 0.3) is 0 Å². The van der Waals surface area contributed by atoms with Gasteiger partial charge < -0.3 is 9.47 Å². The quantitative estimate of drug-likeness (QED) is 0.182. The Bertz CT molecular complexity index is 831. The van der Waals surface area contributed by atoms with E-state index in [0.717, 1.165) is 67.6 Å². The summed E-state index contributed by atoms with van der Waals surface area (Å²) < 4.78 is 11.5. The zero-order chi connectivity index (χ0) is 28.2. The van der Waals surface area contributed by atoms with Crippen molar-refractivity contribution < 1.29 is 14.3 Å². The lowest BCUT2D eigenvalue weighted by molar-refractivity contribution is -0.0622. The molecule has 39 heavy (non-hydrogen) atoms. The number of rotatable bonds is 12. The summed E-state index contributed by atoms with van der Waals surface area (Å²) in [5.41, 5.74) is 2.42. The van der Waals surface area contributed by atoms with Crippen LogP contribution in [-0.4, -0.2) is 18.9 Å². The summed E-state index contributed by atoms with van der Waals surface area (Å²) in [6.45, 7) is 17.5. The van der Waals surface area contributed by atoms with Crippen LogP contribution in [0.1, 0.15) is 145 Å². The van der Waals surface area contributed by atoms with Crippen LogP contribution in [0.3, 0.4) is 0 Å². The second-order valence-corrected chi connectivity index (χ2v) is 15.2. The van der Waals surface area contributed by atoms with Crippen molar-refractivity contribution in [2.45, 2.75) is 151 Å². The summed E-state index contributed by atoms with van der Waals surface area (Å²) in [6, 6.07) is 0. The van der Waals surface area contributed by atoms with E-state index >= 15 is 0 Å². The van der Waals surface area contributed by atoms with Crippen molar-refractivity contribution >= 4 is 6.16 Å². The summed E-state index contributed by atoms with van der Waals surface area (Å²) in [7, 11) is 0. The van der Waals surface area contributed by atoms with Crippen molar-refractivity contribution in [1.29, 1.82) is 0 Å². The highest BCUT2D eigenvalue weighted by atomic mass is 16.7. The first-order valence-corrected chi connectivity index (χ1v) is 17.1. The van der Waals surface area contributed by atoms with Crippen molar-refractivity contribution in [2.75, 3.05) is 6.61 Å². The average Bonchev–Trinajstić information content (AvgIpc) is 3.26. The molecular weight excluding hydrogens is 480 g/mol. The summed E-state index contributed by atoms with van der Waals surface area (Å²) in [4.78, 5) is 12.6. The molecule has 0 N–H and O–H groups in total. The average molecular weight is 543 g/mol. The highest BCUT2D eigenvalue weighted by Gasteiger charge is 2.59. The Morgan fingerprint density at radius 3 is 2.49 bits per heavy atom. The number of carbonyl (C=O) groups excluding carboxylic acids is 1. The van der Waals surface area contributed by atoms with Gasteiger partial charge in [0.25, 0.3) is 0 Å². The van der Waals surface area contributed by atoms with Crippen molar-refractivity contribution in [3.63, 3.8) is 0 Å². The van der Waals surface area contributed by atoms with Crippen LogP contribution in [-0.2, 0) is 9.47 Å². The molecule has 0 bridgehead atoms. The molecule has 3 nitrogen and oxygen atoms in total. The zero-order valence-electron chi connectivity index (χ0n) is 26.7. The first-order chi connectivity index (χ1) is 18.6. The molecule has 0 spiro atoms. The van der Waals surface area contributed by atoms with Gasteiger partial charge in [-0.25, -0.2) is 4.79 Å². The van der Waals surface area contributed by atoms with Crippen LogP contribution >= 0.6 is 0 Å². The molecule has 9 atom stereocenters. The van der Waals surface area contributed by atoms with E-state index in [1.807, 2.05) is 0 Å². The predicted octanol–water partition coefficient (Wildman–Crippen LogP) is 10.8. The Morgan fingerprint density at radius 2 is 1.77 bits per heavy atom. The monoisotopic (exact) mass is 542 g/mol. The number of allylic oxidation sites excluding steroid dienone is 1. The highest BCUT2D eigenvalue weighted by Crippen LogP contribution is 2.67. The fourth-order valence-electron chi connectivity index (χ4n) is 10.0. The summed E-state index contributed by atoms with van der Waals surface area (Å²) in [5.74, 6) is 5.63. The van der Waals surface area contributed by atoms with E-state index < -0.39 is 6.16 Å². The number of carbonyl (C=O) groups is 1. The van der Waals surface area contributed by atoms with E-state index in [0.29, 0.717) is 23.4 Å². The Balaban J connectivity index is 1.34. The van der Waals surface area contributed by atoms with Crippen LogP contribution in [0, 0.1) is 52.3 Å². The second kappa shape index (κ2) is 13.3. The van der Waals surface area contributed by atoms with Gasteiger partial charge >= 0.3 is 6.16 Å². The maximum Gasteiger partial charge on any atom is 0.508 e. The maximum absolute atomic E-state index is 12.6. The van der Waals surface area contributed by atoms with Gasteiger partial charge in [0, 0.05) is 6.42 Å². The number of hydrogen-bond donors (Lipinski definition) is 0. The first-order valence-electron chi connectivity index (χ1n) is 17.1. The third-order valence-electron chi connectivity index (χ3n) is 12.5. The topological polar surface area (TPSA) is 35.5 Å². The SMILES string of the molecule is CCCCC(CC)COC(=O)OC1CCC2(C)C(=CCC3C2CCC2(C)C(C(C)CCCC(C)C)CCC32)C1. The van der Waals surface area contributed by atoms with Crippen molar-refractivity contribution in [2.24, 2.45) is 52.3 Å². The fraction of sp³-hybridized carbons (Fsp3) is 0.917. The van der Waals surface area contributed by atoms with Gasteiger partial charge in [-0.05, 0) is 104 Å². The normalized spacial score (nSPS) is 37.3. The molecule has 3 fully saturated rings. The van der Waals surface area contributed by atoms with E-state index in [4.69, 9.17) is 9.47 Å². The maximum atomic E-state index is 12.6. The molecule has 3 saturated carbocycles. The molecule has 0 aromatic carbocycles. The summed E-state index contributed by atoms with van der Waals surface area (Å²) >= 11 is 0. The number of ether oxygens (including phenoxy) is 2. The fourth-order valence-corrected chi connectivity index (χ4v) is 10.0. The van der Waals surface area contributed by atoms with Crippen LogP contribution in [0.5, 0.6) is 0 Å². The Hall–Kier alpha value is -0.990. The van der Waals surface area contributed by atoms with E-state index in [2.05, 4.69) is 54.5 Å². The molecule has 4 rings (SSSR count). The van der Waals surface area contributed by atoms with E-state index in [9.17, 15) is 4.79 Å². The van der Waals surface area contributed by atoms with Crippen molar-refractivity contribution in [3.05, 3.63) is 11.6 Å². The first kappa shape index (κ1) is 31.0. The van der Waals surface area contributed by atoms with Gasteiger partial charge in [-0.1, -0.05) is 98.6 Å². The summed E-state index contributed by atoms with van der Waals surface area (Å²) in [6.07, 6.45) is 21.0. The van der Waals surface area contributed by atoms with Gasteiger partial charge in [0.1, 0.15) is 6.10 Å². The zero-order valence-corrected chi connectivity index (χ0v) is 26.7.